The number of hydrogen-bond acceptors (Lipinski definition) is 4. The van der Waals surface area contributed by atoms with Gasteiger partial charge in [0.15, 0.2) is 5.82 Å². The summed E-state index contributed by atoms with van der Waals surface area (Å²) in [6.45, 7) is 2.15. The van der Waals surface area contributed by atoms with E-state index in [1.54, 1.807) is 18.9 Å². The largest absolute Gasteiger partial charge is 0.340 e. The van der Waals surface area contributed by atoms with Crippen LogP contribution < -0.4 is 0 Å². The van der Waals surface area contributed by atoms with E-state index in [9.17, 15) is 4.79 Å². The molecule has 1 aliphatic rings. The first-order valence-electron chi connectivity index (χ1n) is 5.86. The number of amides is 1. The predicted octanol–water partition coefficient (Wildman–Crippen LogP) is 1.69. The van der Waals surface area contributed by atoms with Crippen molar-refractivity contribution < 1.29 is 9.32 Å². The second-order valence-corrected chi connectivity index (χ2v) is 4.41. The molecule has 0 saturated heterocycles. The summed E-state index contributed by atoms with van der Waals surface area (Å²) in [6, 6.07) is 0. The standard InChI is InChI=1S/C12H17N3O2/c1-9-13-11(14-17-9)8-15(2)12(16)10-6-4-3-5-7-10/h3-4,10H,5-8H2,1-2H3/t10-/m1/s1. The molecule has 0 spiro atoms. The minimum Gasteiger partial charge on any atom is -0.340 e. The number of carbonyl (C=O) groups is 1. The fourth-order valence-corrected chi connectivity index (χ4v) is 2.03. The van der Waals surface area contributed by atoms with Crippen molar-refractivity contribution in [2.45, 2.75) is 32.7 Å². The van der Waals surface area contributed by atoms with Crippen LogP contribution in [-0.4, -0.2) is 28.0 Å². The molecular formula is C12H17N3O2. The summed E-state index contributed by atoms with van der Waals surface area (Å²) in [5.41, 5.74) is 0. The van der Waals surface area contributed by atoms with E-state index >= 15 is 0 Å². The highest BCUT2D eigenvalue weighted by Crippen LogP contribution is 2.20. The Hall–Kier alpha value is -1.65. The number of aromatic nitrogens is 2. The number of carbonyl (C=O) groups excluding carboxylic acids is 1. The van der Waals surface area contributed by atoms with Gasteiger partial charge in [0.1, 0.15) is 0 Å². The highest BCUT2D eigenvalue weighted by atomic mass is 16.5. The lowest BCUT2D eigenvalue weighted by Crippen LogP contribution is -2.33. The molecule has 0 aromatic carbocycles. The van der Waals surface area contributed by atoms with E-state index in [0.29, 0.717) is 18.3 Å². The molecule has 1 aromatic rings. The van der Waals surface area contributed by atoms with Crippen LogP contribution in [0.2, 0.25) is 0 Å². The van der Waals surface area contributed by atoms with Crippen molar-refractivity contribution in [1.82, 2.24) is 15.0 Å². The van der Waals surface area contributed by atoms with Gasteiger partial charge in [-0.1, -0.05) is 17.3 Å². The van der Waals surface area contributed by atoms with Crippen LogP contribution in [0, 0.1) is 12.8 Å². The quantitative estimate of drug-likeness (QED) is 0.748. The number of allylic oxidation sites excluding steroid dienone is 2. The van der Waals surface area contributed by atoms with Gasteiger partial charge in [0, 0.05) is 19.9 Å². The van der Waals surface area contributed by atoms with Crippen molar-refractivity contribution in [2.24, 2.45) is 5.92 Å². The lowest BCUT2D eigenvalue weighted by molar-refractivity contribution is -0.135. The second kappa shape index (κ2) is 5.12. The molecule has 1 aromatic heterocycles. The maximum Gasteiger partial charge on any atom is 0.226 e. The molecule has 1 heterocycles. The van der Waals surface area contributed by atoms with Crippen molar-refractivity contribution >= 4 is 5.91 Å². The Kier molecular flexibility index (Phi) is 3.56. The van der Waals surface area contributed by atoms with Gasteiger partial charge in [0.05, 0.1) is 6.54 Å². The monoisotopic (exact) mass is 235 g/mol. The van der Waals surface area contributed by atoms with Crippen LogP contribution in [0.5, 0.6) is 0 Å². The van der Waals surface area contributed by atoms with E-state index in [2.05, 4.69) is 22.3 Å². The Morgan fingerprint density at radius 3 is 3.00 bits per heavy atom. The summed E-state index contributed by atoms with van der Waals surface area (Å²) in [6.07, 6.45) is 6.98. The average Bonchev–Trinajstić information content (AvgIpc) is 2.75. The molecule has 1 atom stereocenters. The van der Waals surface area contributed by atoms with Crippen molar-refractivity contribution in [3.8, 4) is 0 Å². The molecule has 0 aliphatic heterocycles. The van der Waals surface area contributed by atoms with E-state index in [0.717, 1.165) is 19.3 Å². The topological polar surface area (TPSA) is 59.2 Å². The van der Waals surface area contributed by atoms with Gasteiger partial charge in [-0.3, -0.25) is 4.79 Å². The molecule has 0 bridgehead atoms. The Balaban J connectivity index is 1.93. The van der Waals surface area contributed by atoms with Crippen LogP contribution in [0.1, 0.15) is 31.0 Å². The first-order valence-corrected chi connectivity index (χ1v) is 5.86. The molecule has 2 rings (SSSR count). The third-order valence-electron chi connectivity index (χ3n) is 2.94. The smallest absolute Gasteiger partial charge is 0.226 e. The van der Waals surface area contributed by atoms with Gasteiger partial charge in [-0.2, -0.15) is 4.98 Å². The molecule has 92 valence electrons. The fourth-order valence-electron chi connectivity index (χ4n) is 2.03. The van der Waals surface area contributed by atoms with Crippen LogP contribution in [-0.2, 0) is 11.3 Å². The van der Waals surface area contributed by atoms with Crippen LogP contribution in [0.4, 0.5) is 0 Å². The van der Waals surface area contributed by atoms with Crippen LogP contribution in [0.25, 0.3) is 0 Å². The van der Waals surface area contributed by atoms with Gasteiger partial charge in [0.2, 0.25) is 11.8 Å². The molecule has 5 nitrogen and oxygen atoms in total. The first-order chi connectivity index (χ1) is 8.16. The van der Waals surface area contributed by atoms with Gasteiger partial charge >= 0.3 is 0 Å². The van der Waals surface area contributed by atoms with Crippen molar-refractivity contribution in [2.75, 3.05) is 7.05 Å². The molecule has 17 heavy (non-hydrogen) atoms. The molecule has 0 radical (unpaired) electrons. The fraction of sp³-hybridized carbons (Fsp3) is 0.583. The predicted molar refractivity (Wildman–Crippen MR) is 62.0 cm³/mol. The maximum atomic E-state index is 12.1. The summed E-state index contributed by atoms with van der Waals surface area (Å²) in [7, 11) is 1.78. The van der Waals surface area contributed by atoms with E-state index in [1.165, 1.54) is 0 Å². The normalized spacial score (nSPS) is 19.3. The van der Waals surface area contributed by atoms with E-state index in [4.69, 9.17) is 4.52 Å². The number of rotatable bonds is 3. The lowest BCUT2D eigenvalue weighted by Gasteiger charge is -2.23. The molecule has 0 unspecified atom stereocenters. The summed E-state index contributed by atoms with van der Waals surface area (Å²) >= 11 is 0. The zero-order chi connectivity index (χ0) is 12.3. The Labute approximate surface area is 100 Å². The van der Waals surface area contributed by atoms with Crippen molar-refractivity contribution in [1.29, 1.82) is 0 Å². The Morgan fingerprint density at radius 1 is 1.59 bits per heavy atom. The highest BCUT2D eigenvalue weighted by molar-refractivity contribution is 5.78. The van der Waals surface area contributed by atoms with Gasteiger partial charge in [-0.05, 0) is 19.3 Å². The van der Waals surface area contributed by atoms with E-state index in [1.807, 2.05) is 0 Å². The SMILES string of the molecule is Cc1nc(CN(C)C(=O)[C@@H]2CC=CCC2)no1. The maximum absolute atomic E-state index is 12.1. The van der Waals surface area contributed by atoms with Gasteiger partial charge < -0.3 is 9.42 Å². The highest BCUT2D eigenvalue weighted by Gasteiger charge is 2.22. The number of hydrogen-bond donors (Lipinski definition) is 0. The third kappa shape index (κ3) is 2.93. The van der Waals surface area contributed by atoms with Crippen LogP contribution in [0.15, 0.2) is 16.7 Å². The molecule has 1 aliphatic carbocycles. The minimum atomic E-state index is 0.109. The van der Waals surface area contributed by atoms with Gasteiger partial charge in [0.25, 0.3) is 0 Å². The zero-order valence-electron chi connectivity index (χ0n) is 10.2. The van der Waals surface area contributed by atoms with E-state index in [-0.39, 0.29) is 11.8 Å². The summed E-state index contributed by atoms with van der Waals surface area (Å²) in [5, 5.41) is 3.79. The van der Waals surface area contributed by atoms with Gasteiger partial charge in [-0.25, -0.2) is 0 Å². The Morgan fingerprint density at radius 2 is 2.41 bits per heavy atom. The molecule has 0 fully saturated rings. The zero-order valence-corrected chi connectivity index (χ0v) is 10.2. The average molecular weight is 235 g/mol. The number of nitrogens with zero attached hydrogens (tertiary/aromatic N) is 3. The lowest BCUT2D eigenvalue weighted by atomic mass is 9.93. The number of aryl methyl sites for hydroxylation is 1. The molecule has 5 heteroatoms. The van der Waals surface area contributed by atoms with Crippen LogP contribution >= 0.6 is 0 Å². The Bertz CT molecular complexity index is 425. The molecular weight excluding hydrogens is 218 g/mol. The summed E-state index contributed by atoms with van der Waals surface area (Å²) < 4.78 is 4.88. The minimum absolute atomic E-state index is 0.109. The van der Waals surface area contributed by atoms with Crippen LogP contribution in [0.3, 0.4) is 0 Å². The van der Waals surface area contributed by atoms with Crippen molar-refractivity contribution in [3.63, 3.8) is 0 Å². The molecule has 1 amide bonds. The third-order valence-corrected chi connectivity index (χ3v) is 2.94. The van der Waals surface area contributed by atoms with E-state index < -0.39 is 0 Å². The molecule has 0 N–H and O–H groups in total. The second-order valence-electron chi connectivity index (χ2n) is 4.41. The first kappa shape index (κ1) is 11.8. The summed E-state index contributed by atoms with van der Waals surface area (Å²) in [4.78, 5) is 17.9. The van der Waals surface area contributed by atoms with Gasteiger partial charge in [-0.15, -0.1) is 0 Å². The van der Waals surface area contributed by atoms with Crippen molar-refractivity contribution in [3.05, 3.63) is 23.9 Å². The molecule has 0 saturated carbocycles. The summed E-state index contributed by atoms with van der Waals surface area (Å²) in [5.74, 6) is 1.36.